The Hall–Kier alpha value is -5.99. The van der Waals surface area contributed by atoms with Gasteiger partial charge in [-0.05, 0) is 69.8 Å². The minimum Gasteiger partial charge on any atom is -0.507 e. The van der Waals surface area contributed by atoms with Crippen LogP contribution in [0, 0.1) is 0 Å². The highest BCUT2D eigenvalue weighted by Gasteiger charge is 2.24. The van der Waals surface area contributed by atoms with Crippen molar-refractivity contribution >= 4 is 32.4 Å². The van der Waals surface area contributed by atoms with Crippen molar-refractivity contribution in [3.8, 4) is 28.7 Å². The van der Waals surface area contributed by atoms with Crippen LogP contribution in [0.5, 0.6) is 23.0 Å². The number of benzene rings is 5. The van der Waals surface area contributed by atoms with E-state index in [1.165, 1.54) is 0 Å². The standard InChI is InChI=1S/C41H33NO10S2/c43-38-27-5-4-6-28(38)18-31-21-36(53(47,48)49)23-33(40(31)45)20-34-24-37(54(50,51)52)22-32(41(34)46)19-30-16-26(15-29(17-27)39(30)44)10-9-25-11-13-42(14-12-25)35-7-2-1-3-8-35/h1-16,21-24H,17-20H2,(H5,43,45,46,47,48,49,50,51,52)/p+1. The molecule has 0 aliphatic heterocycles. The number of phenols is 4. The van der Waals surface area contributed by atoms with Gasteiger partial charge < -0.3 is 20.4 Å². The van der Waals surface area contributed by atoms with Gasteiger partial charge in [0.15, 0.2) is 12.4 Å². The lowest BCUT2D eigenvalue weighted by Crippen LogP contribution is -2.28. The number of aromatic nitrogens is 1. The van der Waals surface area contributed by atoms with Crippen LogP contribution in [0.2, 0.25) is 0 Å². The number of hydrogen-bond donors (Lipinski definition) is 6. The molecule has 6 aromatic rings. The van der Waals surface area contributed by atoms with E-state index in [-0.39, 0.29) is 58.6 Å². The molecule has 0 atom stereocenters. The lowest BCUT2D eigenvalue weighted by atomic mass is 9.90. The topological polar surface area (TPSA) is 194 Å². The maximum absolute atomic E-state index is 12.4. The molecular formula is C41H34NO10S2+. The molecule has 8 bridgehead atoms. The maximum Gasteiger partial charge on any atom is 0.294 e. The molecular weight excluding hydrogens is 731 g/mol. The summed E-state index contributed by atoms with van der Waals surface area (Å²) in [6.07, 6.45) is 6.75. The van der Waals surface area contributed by atoms with Gasteiger partial charge in [0.05, 0.1) is 9.79 Å². The molecule has 1 heterocycles. The fourth-order valence-corrected chi connectivity index (χ4v) is 7.87. The zero-order valence-corrected chi connectivity index (χ0v) is 30.1. The van der Waals surface area contributed by atoms with E-state index in [0.29, 0.717) is 22.3 Å². The third-order valence-electron chi connectivity index (χ3n) is 9.47. The summed E-state index contributed by atoms with van der Waals surface area (Å²) >= 11 is 0. The summed E-state index contributed by atoms with van der Waals surface area (Å²) in [5.41, 5.74) is 3.74. The van der Waals surface area contributed by atoms with Crippen molar-refractivity contribution in [2.24, 2.45) is 0 Å². The average Bonchev–Trinajstić information content (AvgIpc) is 3.13. The van der Waals surface area contributed by atoms with Gasteiger partial charge in [-0.25, -0.2) is 0 Å². The summed E-state index contributed by atoms with van der Waals surface area (Å²) < 4.78 is 71.5. The smallest absolute Gasteiger partial charge is 0.294 e. The van der Waals surface area contributed by atoms with E-state index in [1.807, 2.05) is 71.6 Å². The molecule has 0 amide bonds. The highest BCUT2D eigenvalue weighted by atomic mass is 32.2. The second kappa shape index (κ2) is 14.1. The van der Waals surface area contributed by atoms with Crippen molar-refractivity contribution in [2.45, 2.75) is 35.5 Å². The Kier molecular flexibility index (Phi) is 9.50. The van der Waals surface area contributed by atoms with Crippen molar-refractivity contribution in [1.82, 2.24) is 0 Å². The molecule has 13 heteroatoms. The second-order valence-electron chi connectivity index (χ2n) is 13.2. The Labute approximate surface area is 311 Å². The van der Waals surface area contributed by atoms with Crippen LogP contribution in [-0.4, -0.2) is 46.4 Å². The Morgan fingerprint density at radius 2 is 0.815 bits per heavy atom. The van der Waals surface area contributed by atoms with Gasteiger partial charge in [0.2, 0.25) is 5.69 Å². The molecule has 1 aliphatic carbocycles. The number of phenolic OH excluding ortho intramolecular Hbond substituents is 4. The first-order valence-corrected chi connectivity index (χ1v) is 19.6. The minimum atomic E-state index is -4.84. The number of fused-ring (bicyclic) bond motifs is 8. The van der Waals surface area contributed by atoms with Crippen molar-refractivity contribution in [3.05, 3.63) is 165 Å². The summed E-state index contributed by atoms with van der Waals surface area (Å²) in [6.45, 7) is 0. The lowest BCUT2D eigenvalue weighted by Gasteiger charge is -2.18. The molecule has 0 spiro atoms. The summed E-state index contributed by atoms with van der Waals surface area (Å²) in [5, 5.41) is 46.0. The molecule has 1 aliphatic rings. The lowest BCUT2D eigenvalue weighted by molar-refractivity contribution is -0.595. The van der Waals surface area contributed by atoms with E-state index in [9.17, 15) is 46.4 Å². The molecule has 11 nitrogen and oxygen atoms in total. The van der Waals surface area contributed by atoms with Crippen LogP contribution in [0.25, 0.3) is 17.8 Å². The molecule has 7 rings (SSSR count). The molecule has 274 valence electrons. The van der Waals surface area contributed by atoms with Crippen LogP contribution < -0.4 is 4.57 Å². The van der Waals surface area contributed by atoms with E-state index < -0.39 is 47.9 Å². The van der Waals surface area contributed by atoms with E-state index in [0.717, 1.165) is 35.5 Å². The van der Waals surface area contributed by atoms with Gasteiger partial charge in [-0.1, -0.05) is 48.6 Å². The van der Waals surface area contributed by atoms with Crippen LogP contribution in [0.1, 0.15) is 55.6 Å². The highest BCUT2D eigenvalue weighted by molar-refractivity contribution is 7.86. The molecule has 0 saturated heterocycles. The largest absolute Gasteiger partial charge is 0.507 e. The Bertz CT molecular complexity index is 2690. The van der Waals surface area contributed by atoms with Gasteiger partial charge in [0.1, 0.15) is 23.0 Å². The number of aromatic hydroxyl groups is 4. The van der Waals surface area contributed by atoms with Crippen molar-refractivity contribution in [3.63, 3.8) is 0 Å². The molecule has 0 unspecified atom stereocenters. The van der Waals surface area contributed by atoms with E-state index in [2.05, 4.69) is 0 Å². The Morgan fingerprint density at radius 1 is 0.444 bits per heavy atom. The van der Waals surface area contributed by atoms with Crippen LogP contribution >= 0.6 is 0 Å². The third-order valence-corrected chi connectivity index (χ3v) is 11.1. The van der Waals surface area contributed by atoms with Gasteiger partial charge in [-0.3, -0.25) is 9.11 Å². The van der Waals surface area contributed by atoms with E-state index in [4.69, 9.17) is 0 Å². The second-order valence-corrected chi connectivity index (χ2v) is 16.0. The SMILES string of the molecule is O=S(=O)(O)c1cc2c(O)c(c1)Cc1cc(S(=O)(=O)O)cc(c1O)Cc1cc(/C=C/c3cc[n+](-c4ccccc4)cc3)cc(c1O)Cc1cccc(c1O)C2. The Balaban J connectivity index is 1.39. The summed E-state index contributed by atoms with van der Waals surface area (Å²) in [5.74, 6) is -1.15. The molecule has 54 heavy (non-hydrogen) atoms. The summed E-state index contributed by atoms with van der Waals surface area (Å²) in [7, 11) is -9.65. The molecule has 0 radical (unpaired) electrons. The fraction of sp³-hybridized carbons (Fsp3) is 0.0976. The van der Waals surface area contributed by atoms with Crippen LogP contribution in [0.4, 0.5) is 0 Å². The normalized spacial score (nSPS) is 13.2. The van der Waals surface area contributed by atoms with Crippen LogP contribution in [0.15, 0.2) is 119 Å². The van der Waals surface area contributed by atoms with Gasteiger partial charge in [-0.2, -0.15) is 21.4 Å². The van der Waals surface area contributed by atoms with Gasteiger partial charge in [-0.15, -0.1) is 0 Å². The molecule has 6 N–H and O–H groups in total. The first-order chi connectivity index (χ1) is 25.6. The third kappa shape index (κ3) is 7.56. The summed E-state index contributed by atoms with van der Waals surface area (Å²) in [4.78, 5) is -1.15. The van der Waals surface area contributed by atoms with Gasteiger partial charge in [0, 0.05) is 72.2 Å². The molecule has 1 aromatic heterocycles. The minimum absolute atomic E-state index is 0.00128. The zero-order chi connectivity index (χ0) is 38.4. The summed E-state index contributed by atoms with van der Waals surface area (Å²) in [6, 6.07) is 26.1. The van der Waals surface area contributed by atoms with Crippen LogP contribution in [0.3, 0.4) is 0 Å². The molecule has 0 fully saturated rings. The first-order valence-electron chi connectivity index (χ1n) is 16.7. The quantitative estimate of drug-likeness (QED) is 0.0878. The van der Waals surface area contributed by atoms with Crippen LogP contribution in [-0.2, 0) is 45.9 Å². The number of hydrogen-bond acceptors (Lipinski definition) is 8. The van der Waals surface area contributed by atoms with Gasteiger partial charge in [0.25, 0.3) is 20.2 Å². The zero-order valence-electron chi connectivity index (χ0n) is 28.5. The average molecular weight is 765 g/mol. The number of pyridine rings is 1. The predicted octanol–water partition coefficient (Wildman–Crippen LogP) is 6.13. The predicted molar refractivity (Wildman–Crippen MR) is 200 cm³/mol. The molecule has 5 aromatic carbocycles. The van der Waals surface area contributed by atoms with Crippen molar-refractivity contribution in [2.75, 3.05) is 0 Å². The Morgan fingerprint density at radius 3 is 1.24 bits per heavy atom. The number of rotatable bonds is 5. The maximum atomic E-state index is 12.4. The number of nitrogens with zero attached hydrogens (tertiary/aromatic N) is 1. The molecule has 0 saturated carbocycles. The number of para-hydroxylation sites is 2. The van der Waals surface area contributed by atoms with Crippen molar-refractivity contribution in [1.29, 1.82) is 0 Å². The fourth-order valence-electron chi connectivity index (χ4n) is 6.71. The van der Waals surface area contributed by atoms with Gasteiger partial charge >= 0.3 is 0 Å². The first kappa shape index (κ1) is 36.4. The highest BCUT2D eigenvalue weighted by Crippen LogP contribution is 2.39. The van der Waals surface area contributed by atoms with E-state index in [1.54, 1.807) is 30.3 Å². The van der Waals surface area contributed by atoms with E-state index >= 15 is 0 Å². The monoisotopic (exact) mass is 764 g/mol. The van der Waals surface area contributed by atoms with Crippen molar-refractivity contribution < 1.29 is 50.9 Å².